The van der Waals surface area contributed by atoms with E-state index < -0.39 is 17.9 Å². The molecule has 94 valence electrons. The maximum absolute atomic E-state index is 11.4. The van der Waals surface area contributed by atoms with Crippen LogP contribution in [0.1, 0.15) is 40.0 Å². The van der Waals surface area contributed by atoms with E-state index in [1.807, 2.05) is 13.8 Å². The fourth-order valence-electron chi connectivity index (χ4n) is 1.23. The number of ether oxygens (including phenoxy) is 1. The standard InChI is InChI=1S/C11H19NO3.ClH/c1-4-8(5-2)10(13)15-11(14)9(6-3)7-12;/h7-9,12H,4-6H2,1-3H3;1H. The number of hydrogen-bond acceptors (Lipinski definition) is 4. The average Bonchev–Trinajstić information content (AvgIpc) is 2.21. The number of esters is 2. The van der Waals surface area contributed by atoms with Crippen LogP contribution in [0.5, 0.6) is 0 Å². The molecule has 0 heterocycles. The molecule has 0 aromatic heterocycles. The third-order valence-electron chi connectivity index (χ3n) is 2.46. The summed E-state index contributed by atoms with van der Waals surface area (Å²) < 4.78 is 4.71. The van der Waals surface area contributed by atoms with Crippen LogP contribution < -0.4 is 0 Å². The van der Waals surface area contributed by atoms with Crippen molar-refractivity contribution in [2.24, 2.45) is 11.8 Å². The van der Waals surface area contributed by atoms with Gasteiger partial charge < -0.3 is 10.1 Å². The average molecular weight is 250 g/mol. The van der Waals surface area contributed by atoms with Gasteiger partial charge in [0.05, 0.1) is 11.8 Å². The van der Waals surface area contributed by atoms with Crippen LogP contribution in [-0.4, -0.2) is 18.2 Å². The van der Waals surface area contributed by atoms with Crippen molar-refractivity contribution in [1.82, 2.24) is 0 Å². The molecule has 0 rings (SSSR count). The minimum absolute atomic E-state index is 0. The molecule has 0 aliphatic carbocycles. The van der Waals surface area contributed by atoms with E-state index in [0.717, 1.165) is 6.21 Å². The van der Waals surface area contributed by atoms with Crippen molar-refractivity contribution in [2.75, 3.05) is 0 Å². The number of rotatable bonds is 6. The van der Waals surface area contributed by atoms with Crippen molar-refractivity contribution in [3.8, 4) is 0 Å². The molecular formula is C11H20ClNO3. The summed E-state index contributed by atoms with van der Waals surface area (Å²) in [6.07, 6.45) is 2.84. The van der Waals surface area contributed by atoms with Gasteiger partial charge in [0.1, 0.15) is 0 Å². The van der Waals surface area contributed by atoms with Crippen LogP contribution in [0.4, 0.5) is 0 Å². The topological polar surface area (TPSA) is 67.2 Å². The fourth-order valence-corrected chi connectivity index (χ4v) is 1.23. The fraction of sp³-hybridized carbons (Fsp3) is 0.727. The lowest BCUT2D eigenvalue weighted by Gasteiger charge is -2.12. The molecule has 0 bridgehead atoms. The second-order valence-corrected chi connectivity index (χ2v) is 3.43. The van der Waals surface area contributed by atoms with E-state index >= 15 is 0 Å². The molecule has 1 atom stereocenters. The Morgan fingerprint density at radius 3 is 1.94 bits per heavy atom. The van der Waals surface area contributed by atoms with Crippen molar-refractivity contribution in [2.45, 2.75) is 40.0 Å². The molecule has 0 aliphatic heterocycles. The molecule has 1 N–H and O–H groups in total. The van der Waals surface area contributed by atoms with Crippen molar-refractivity contribution in [3.63, 3.8) is 0 Å². The first-order valence-corrected chi connectivity index (χ1v) is 5.36. The summed E-state index contributed by atoms with van der Waals surface area (Å²) in [6, 6.07) is 0. The van der Waals surface area contributed by atoms with Crippen LogP contribution >= 0.6 is 12.4 Å². The van der Waals surface area contributed by atoms with E-state index in [1.165, 1.54) is 0 Å². The summed E-state index contributed by atoms with van der Waals surface area (Å²) >= 11 is 0. The van der Waals surface area contributed by atoms with E-state index in [0.29, 0.717) is 19.3 Å². The molecule has 0 spiro atoms. The molecule has 0 radical (unpaired) electrons. The normalized spacial score (nSPS) is 11.5. The molecular weight excluding hydrogens is 230 g/mol. The Hall–Kier alpha value is -0.900. The highest BCUT2D eigenvalue weighted by Crippen LogP contribution is 2.11. The molecule has 4 nitrogen and oxygen atoms in total. The smallest absolute Gasteiger partial charge is 0.321 e. The summed E-state index contributed by atoms with van der Waals surface area (Å²) in [5.74, 6) is -1.88. The number of nitrogens with one attached hydrogen (secondary N) is 1. The highest BCUT2D eigenvalue weighted by molar-refractivity contribution is 5.95. The molecule has 0 aliphatic rings. The minimum Gasteiger partial charge on any atom is -0.392 e. The predicted octanol–water partition coefficient (Wildman–Crippen LogP) is 2.59. The van der Waals surface area contributed by atoms with Gasteiger partial charge in [-0.3, -0.25) is 9.59 Å². The van der Waals surface area contributed by atoms with Gasteiger partial charge in [-0.15, -0.1) is 12.4 Å². The van der Waals surface area contributed by atoms with Crippen molar-refractivity contribution in [3.05, 3.63) is 0 Å². The Kier molecular flexibility index (Phi) is 10.2. The Morgan fingerprint density at radius 1 is 1.12 bits per heavy atom. The van der Waals surface area contributed by atoms with Gasteiger partial charge in [-0.25, -0.2) is 0 Å². The first-order valence-electron chi connectivity index (χ1n) is 5.36. The van der Waals surface area contributed by atoms with Gasteiger partial charge in [0.15, 0.2) is 0 Å². The molecule has 1 unspecified atom stereocenters. The SMILES string of the molecule is CCC(C=N)C(=O)OC(=O)C(CC)CC.Cl. The Balaban J connectivity index is 0. The van der Waals surface area contributed by atoms with Gasteiger partial charge in [0.2, 0.25) is 0 Å². The Morgan fingerprint density at radius 2 is 1.62 bits per heavy atom. The third-order valence-corrected chi connectivity index (χ3v) is 2.46. The molecule has 0 saturated carbocycles. The number of hydrogen-bond donors (Lipinski definition) is 1. The van der Waals surface area contributed by atoms with Crippen LogP contribution in [0.15, 0.2) is 0 Å². The zero-order valence-electron chi connectivity index (χ0n) is 9.99. The van der Waals surface area contributed by atoms with Gasteiger partial charge in [0.25, 0.3) is 0 Å². The maximum Gasteiger partial charge on any atom is 0.321 e. The Bertz CT molecular complexity index is 239. The minimum atomic E-state index is -0.607. The number of carbonyl (C=O) groups excluding carboxylic acids is 2. The first-order chi connectivity index (χ1) is 7.10. The molecule has 0 amide bonds. The lowest BCUT2D eigenvalue weighted by atomic mass is 10.0. The van der Waals surface area contributed by atoms with Crippen LogP contribution in [0.2, 0.25) is 0 Å². The number of halogens is 1. The highest BCUT2D eigenvalue weighted by Gasteiger charge is 2.23. The summed E-state index contributed by atoms with van der Waals surface area (Å²) in [6.45, 7) is 5.54. The van der Waals surface area contributed by atoms with E-state index in [4.69, 9.17) is 10.1 Å². The quantitative estimate of drug-likeness (QED) is 0.447. The summed E-state index contributed by atoms with van der Waals surface area (Å²) in [5.41, 5.74) is 0. The van der Waals surface area contributed by atoms with Gasteiger partial charge >= 0.3 is 11.9 Å². The number of carbonyl (C=O) groups is 2. The van der Waals surface area contributed by atoms with Crippen molar-refractivity contribution < 1.29 is 14.3 Å². The summed E-state index contributed by atoms with van der Waals surface area (Å²) in [4.78, 5) is 22.8. The van der Waals surface area contributed by atoms with E-state index in [2.05, 4.69) is 0 Å². The second kappa shape index (κ2) is 9.33. The van der Waals surface area contributed by atoms with Crippen LogP contribution in [0, 0.1) is 17.2 Å². The third kappa shape index (κ3) is 5.26. The lowest BCUT2D eigenvalue weighted by Crippen LogP contribution is -2.25. The highest BCUT2D eigenvalue weighted by atomic mass is 35.5. The zero-order valence-corrected chi connectivity index (χ0v) is 10.8. The van der Waals surface area contributed by atoms with Gasteiger partial charge in [-0.2, -0.15) is 0 Å². The van der Waals surface area contributed by atoms with E-state index in [1.54, 1.807) is 6.92 Å². The maximum atomic E-state index is 11.4. The molecule has 0 saturated heterocycles. The van der Waals surface area contributed by atoms with Crippen molar-refractivity contribution in [1.29, 1.82) is 5.41 Å². The second-order valence-electron chi connectivity index (χ2n) is 3.43. The van der Waals surface area contributed by atoms with E-state index in [9.17, 15) is 9.59 Å². The lowest BCUT2D eigenvalue weighted by molar-refractivity contribution is -0.164. The molecule has 16 heavy (non-hydrogen) atoms. The Labute approximate surface area is 103 Å². The first kappa shape index (κ1) is 17.5. The van der Waals surface area contributed by atoms with E-state index in [-0.39, 0.29) is 18.3 Å². The van der Waals surface area contributed by atoms with Crippen LogP contribution in [-0.2, 0) is 14.3 Å². The molecule has 0 fully saturated rings. The predicted molar refractivity (Wildman–Crippen MR) is 65.0 cm³/mol. The van der Waals surface area contributed by atoms with Gasteiger partial charge in [-0.05, 0) is 19.3 Å². The molecule has 5 heteroatoms. The molecule has 0 aromatic rings. The van der Waals surface area contributed by atoms with Crippen LogP contribution in [0.3, 0.4) is 0 Å². The monoisotopic (exact) mass is 249 g/mol. The van der Waals surface area contributed by atoms with Gasteiger partial charge in [-0.1, -0.05) is 20.8 Å². The molecule has 0 aromatic carbocycles. The van der Waals surface area contributed by atoms with Gasteiger partial charge in [0, 0.05) is 6.21 Å². The zero-order chi connectivity index (χ0) is 11.8. The summed E-state index contributed by atoms with van der Waals surface area (Å²) in [7, 11) is 0. The van der Waals surface area contributed by atoms with Crippen molar-refractivity contribution >= 4 is 30.6 Å². The largest absolute Gasteiger partial charge is 0.392 e. The van der Waals surface area contributed by atoms with Crippen LogP contribution in [0.25, 0.3) is 0 Å². The summed E-state index contributed by atoms with van der Waals surface area (Å²) in [5, 5.41) is 6.99.